The lowest BCUT2D eigenvalue weighted by Crippen LogP contribution is -2.43. The van der Waals surface area contributed by atoms with Gasteiger partial charge in [0.2, 0.25) is 5.91 Å². The summed E-state index contributed by atoms with van der Waals surface area (Å²) in [5.41, 5.74) is 5.61. The van der Waals surface area contributed by atoms with Gasteiger partial charge in [-0.1, -0.05) is 0 Å². The fourth-order valence-electron chi connectivity index (χ4n) is 1.22. The summed E-state index contributed by atoms with van der Waals surface area (Å²) in [6.07, 6.45) is 0.811. The molecule has 0 spiro atoms. The number of carbonyl (C=O) groups is 3. The zero-order valence-electron chi connectivity index (χ0n) is 9.06. The summed E-state index contributed by atoms with van der Waals surface area (Å²) < 4.78 is 0. The Morgan fingerprint density at radius 3 is 2.65 bits per heavy atom. The second kappa shape index (κ2) is 5.10. The number of aryl methyl sites for hydroxylation is 1. The summed E-state index contributed by atoms with van der Waals surface area (Å²) in [4.78, 5) is 33.1. The van der Waals surface area contributed by atoms with Crippen LogP contribution in [0, 0.1) is 6.92 Å². The monoisotopic (exact) mass is 240 g/mol. The van der Waals surface area contributed by atoms with Gasteiger partial charge >= 0.3 is 5.97 Å². The van der Waals surface area contributed by atoms with Crippen LogP contribution in [-0.2, 0) is 9.59 Å². The number of primary amides is 1. The largest absolute Gasteiger partial charge is 0.480 e. The molecule has 0 unspecified atom stereocenters. The Labute approximate surface area is 96.2 Å². The van der Waals surface area contributed by atoms with E-state index in [0.717, 1.165) is 0 Å². The molecule has 17 heavy (non-hydrogen) atoms. The van der Waals surface area contributed by atoms with E-state index in [0.29, 0.717) is 5.69 Å². The van der Waals surface area contributed by atoms with E-state index >= 15 is 0 Å². The van der Waals surface area contributed by atoms with Gasteiger partial charge in [0.25, 0.3) is 5.91 Å². The highest BCUT2D eigenvalue weighted by Crippen LogP contribution is 2.03. The van der Waals surface area contributed by atoms with Gasteiger partial charge in [0.15, 0.2) is 0 Å². The van der Waals surface area contributed by atoms with E-state index in [9.17, 15) is 14.4 Å². The molecule has 0 saturated heterocycles. The number of H-pyrrole nitrogens is 1. The van der Waals surface area contributed by atoms with Crippen molar-refractivity contribution in [1.29, 1.82) is 0 Å². The number of hydrogen-bond donors (Lipinski definition) is 4. The van der Waals surface area contributed by atoms with Crippen molar-refractivity contribution in [2.24, 2.45) is 5.73 Å². The van der Waals surface area contributed by atoms with Crippen LogP contribution in [0.25, 0.3) is 0 Å². The molecule has 92 valence electrons. The molecule has 1 aromatic rings. The van der Waals surface area contributed by atoms with Crippen molar-refractivity contribution >= 4 is 17.8 Å². The SMILES string of the molecule is Cc1[nH]ncc1C(=O)N[C@H](CC(N)=O)C(=O)O. The summed E-state index contributed by atoms with van der Waals surface area (Å²) in [6, 6.07) is -1.34. The zero-order chi connectivity index (χ0) is 13.0. The van der Waals surface area contributed by atoms with E-state index in [1.165, 1.54) is 6.20 Å². The highest BCUT2D eigenvalue weighted by atomic mass is 16.4. The van der Waals surface area contributed by atoms with Gasteiger partial charge in [0.1, 0.15) is 6.04 Å². The standard InChI is InChI=1S/C9H12N4O4/c1-4-5(3-11-13-4)8(15)12-6(9(16)17)2-7(10)14/h3,6H,2H2,1H3,(H2,10,14)(H,11,13)(H,12,15)(H,16,17)/t6-/m1/s1. The quantitative estimate of drug-likeness (QED) is 0.510. The van der Waals surface area contributed by atoms with E-state index < -0.39 is 30.2 Å². The van der Waals surface area contributed by atoms with Crippen LogP contribution in [0.5, 0.6) is 0 Å². The number of aromatic nitrogens is 2. The van der Waals surface area contributed by atoms with E-state index in [2.05, 4.69) is 15.5 Å². The lowest BCUT2D eigenvalue weighted by Gasteiger charge is -2.12. The van der Waals surface area contributed by atoms with Crippen LogP contribution < -0.4 is 11.1 Å². The van der Waals surface area contributed by atoms with Crippen molar-refractivity contribution in [3.8, 4) is 0 Å². The summed E-state index contributed by atoms with van der Waals surface area (Å²) >= 11 is 0. The minimum absolute atomic E-state index is 0.223. The number of hydrogen-bond acceptors (Lipinski definition) is 4. The van der Waals surface area contributed by atoms with Crippen molar-refractivity contribution in [1.82, 2.24) is 15.5 Å². The maximum absolute atomic E-state index is 11.6. The molecule has 0 radical (unpaired) electrons. The van der Waals surface area contributed by atoms with Gasteiger partial charge in [-0.25, -0.2) is 4.79 Å². The first-order chi connectivity index (χ1) is 7.91. The molecule has 0 saturated carbocycles. The number of carboxylic acids is 1. The average Bonchev–Trinajstić information content (AvgIpc) is 2.62. The van der Waals surface area contributed by atoms with E-state index in [-0.39, 0.29) is 5.56 Å². The number of nitrogens with zero attached hydrogens (tertiary/aromatic N) is 1. The molecule has 0 bridgehead atoms. The molecule has 8 nitrogen and oxygen atoms in total. The van der Waals surface area contributed by atoms with Gasteiger partial charge in [-0.05, 0) is 6.92 Å². The Kier molecular flexibility index (Phi) is 3.81. The van der Waals surface area contributed by atoms with Gasteiger partial charge in [-0.2, -0.15) is 5.10 Å². The number of nitrogens with two attached hydrogens (primary N) is 1. The number of aliphatic carboxylic acids is 1. The fraction of sp³-hybridized carbons (Fsp3) is 0.333. The van der Waals surface area contributed by atoms with Gasteiger partial charge in [0, 0.05) is 5.69 Å². The number of rotatable bonds is 5. The molecule has 0 aromatic carbocycles. The van der Waals surface area contributed by atoms with Crippen molar-refractivity contribution < 1.29 is 19.5 Å². The Balaban J connectivity index is 2.74. The molecule has 0 aliphatic heterocycles. The van der Waals surface area contributed by atoms with Crippen LogP contribution in [0.2, 0.25) is 0 Å². The number of nitrogens with one attached hydrogen (secondary N) is 2. The van der Waals surface area contributed by atoms with Crippen LogP contribution in [-0.4, -0.2) is 39.1 Å². The summed E-state index contributed by atoms with van der Waals surface area (Å²) in [7, 11) is 0. The topological polar surface area (TPSA) is 138 Å². The second-order valence-corrected chi connectivity index (χ2v) is 3.44. The first-order valence-electron chi connectivity index (χ1n) is 4.73. The van der Waals surface area contributed by atoms with Gasteiger partial charge in [-0.3, -0.25) is 14.7 Å². The zero-order valence-corrected chi connectivity index (χ0v) is 9.06. The average molecular weight is 240 g/mol. The van der Waals surface area contributed by atoms with Gasteiger partial charge in [-0.15, -0.1) is 0 Å². The molecule has 1 heterocycles. The molecular formula is C9H12N4O4. The van der Waals surface area contributed by atoms with E-state index in [1.54, 1.807) is 6.92 Å². The maximum Gasteiger partial charge on any atom is 0.326 e. The van der Waals surface area contributed by atoms with Crippen LogP contribution in [0.4, 0.5) is 0 Å². The Morgan fingerprint density at radius 1 is 1.59 bits per heavy atom. The maximum atomic E-state index is 11.6. The molecular weight excluding hydrogens is 228 g/mol. The minimum atomic E-state index is -1.34. The molecule has 1 rings (SSSR count). The first kappa shape index (κ1) is 12.7. The van der Waals surface area contributed by atoms with Crippen molar-refractivity contribution in [2.75, 3.05) is 0 Å². The number of carbonyl (C=O) groups excluding carboxylic acids is 2. The van der Waals surface area contributed by atoms with E-state index in [1.807, 2.05) is 0 Å². The summed E-state index contributed by atoms with van der Waals surface area (Å²) in [5.74, 6) is -2.75. The fourth-order valence-corrected chi connectivity index (χ4v) is 1.22. The predicted molar refractivity (Wildman–Crippen MR) is 56.0 cm³/mol. The number of carboxylic acid groups (broad SMARTS) is 1. The van der Waals surface area contributed by atoms with Crippen LogP contribution in [0.3, 0.4) is 0 Å². The lowest BCUT2D eigenvalue weighted by atomic mass is 10.1. The molecule has 0 aliphatic carbocycles. The first-order valence-corrected chi connectivity index (χ1v) is 4.73. The van der Waals surface area contributed by atoms with Crippen LogP contribution >= 0.6 is 0 Å². The Morgan fingerprint density at radius 2 is 2.24 bits per heavy atom. The molecule has 0 fully saturated rings. The third kappa shape index (κ3) is 3.30. The predicted octanol–water partition coefficient (Wildman–Crippen LogP) is -1.22. The highest BCUT2D eigenvalue weighted by molar-refractivity contribution is 5.98. The third-order valence-electron chi connectivity index (χ3n) is 2.08. The molecule has 8 heteroatoms. The molecule has 0 aliphatic rings. The summed E-state index contributed by atoms with van der Waals surface area (Å²) in [5, 5.41) is 17.2. The lowest BCUT2D eigenvalue weighted by molar-refractivity contribution is -0.140. The smallest absolute Gasteiger partial charge is 0.326 e. The summed E-state index contributed by atoms with van der Waals surface area (Å²) in [6.45, 7) is 1.62. The van der Waals surface area contributed by atoms with Crippen molar-refractivity contribution in [2.45, 2.75) is 19.4 Å². The Bertz CT molecular complexity index is 454. The molecule has 2 amide bonds. The number of aromatic amines is 1. The van der Waals surface area contributed by atoms with Gasteiger partial charge in [0.05, 0.1) is 18.2 Å². The van der Waals surface area contributed by atoms with Crippen molar-refractivity contribution in [3.05, 3.63) is 17.5 Å². The molecule has 1 aromatic heterocycles. The van der Waals surface area contributed by atoms with Gasteiger partial charge < -0.3 is 16.2 Å². The van der Waals surface area contributed by atoms with Crippen LogP contribution in [0.15, 0.2) is 6.20 Å². The Hall–Kier alpha value is -2.38. The third-order valence-corrected chi connectivity index (χ3v) is 2.08. The minimum Gasteiger partial charge on any atom is -0.480 e. The van der Waals surface area contributed by atoms with Crippen molar-refractivity contribution in [3.63, 3.8) is 0 Å². The normalized spacial score (nSPS) is 11.8. The van der Waals surface area contributed by atoms with E-state index in [4.69, 9.17) is 10.8 Å². The highest BCUT2D eigenvalue weighted by Gasteiger charge is 2.23. The second-order valence-electron chi connectivity index (χ2n) is 3.44. The molecule has 1 atom stereocenters. The molecule has 5 N–H and O–H groups in total. The van der Waals surface area contributed by atoms with Crippen LogP contribution in [0.1, 0.15) is 22.5 Å². The number of amides is 2.